The number of aryl methyl sites for hydroxylation is 1. The second-order valence-electron chi connectivity index (χ2n) is 5.19. The summed E-state index contributed by atoms with van der Waals surface area (Å²) in [6.07, 6.45) is 2.24. The molecule has 1 aromatic carbocycles. The molecule has 4 nitrogen and oxygen atoms in total. The molecular weight excluding hydrogens is 319 g/mol. The van der Waals surface area contributed by atoms with Gasteiger partial charge in [0.25, 0.3) is 0 Å². The van der Waals surface area contributed by atoms with E-state index in [1.165, 1.54) is 0 Å². The van der Waals surface area contributed by atoms with Gasteiger partial charge in [0.15, 0.2) is 0 Å². The van der Waals surface area contributed by atoms with E-state index < -0.39 is 0 Å². The van der Waals surface area contributed by atoms with Crippen LogP contribution in [0.1, 0.15) is 25.5 Å². The smallest absolute Gasteiger partial charge is 0.227 e. The third-order valence-corrected chi connectivity index (χ3v) is 3.88. The number of aromatic nitrogens is 2. The van der Waals surface area contributed by atoms with E-state index in [1.54, 1.807) is 12.1 Å². The number of hydrogen-bond donors (Lipinski definition) is 1. The zero-order chi connectivity index (χ0) is 16.1. The molecule has 118 valence electrons. The van der Waals surface area contributed by atoms with Gasteiger partial charge in [-0.15, -0.1) is 0 Å². The molecule has 2 aromatic rings. The number of anilines is 3. The molecule has 0 aliphatic carbocycles. The van der Waals surface area contributed by atoms with Crippen molar-refractivity contribution in [1.82, 2.24) is 9.97 Å². The SMILES string of the molecule is CCCCN(C)c1nc(C)cc(Nc2c(Cl)cccc2Cl)n1. The maximum Gasteiger partial charge on any atom is 0.227 e. The Kier molecular flexibility index (Phi) is 5.86. The van der Waals surface area contributed by atoms with E-state index >= 15 is 0 Å². The molecule has 0 unspecified atom stereocenters. The maximum absolute atomic E-state index is 6.19. The van der Waals surface area contributed by atoms with Crippen molar-refractivity contribution < 1.29 is 0 Å². The van der Waals surface area contributed by atoms with Gasteiger partial charge in [-0.2, -0.15) is 4.98 Å². The summed E-state index contributed by atoms with van der Waals surface area (Å²) in [7, 11) is 2.00. The van der Waals surface area contributed by atoms with Gasteiger partial charge in [-0.05, 0) is 25.5 Å². The molecule has 0 radical (unpaired) electrons. The van der Waals surface area contributed by atoms with Crippen molar-refractivity contribution in [2.75, 3.05) is 23.8 Å². The van der Waals surface area contributed by atoms with Crippen LogP contribution in [0.15, 0.2) is 24.3 Å². The normalized spacial score (nSPS) is 10.6. The molecule has 1 aromatic heterocycles. The van der Waals surface area contributed by atoms with E-state index in [9.17, 15) is 0 Å². The monoisotopic (exact) mass is 338 g/mol. The van der Waals surface area contributed by atoms with E-state index in [0.29, 0.717) is 27.5 Å². The van der Waals surface area contributed by atoms with Crippen molar-refractivity contribution in [3.05, 3.63) is 40.0 Å². The van der Waals surface area contributed by atoms with Crippen molar-refractivity contribution >= 4 is 40.7 Å². The first-order valence-corrected chi connectivity index (χ1v) is 8.04. The number of nitrogens with one attached hydrogen (secondary N) is 1. The summed E-state index contributed by atoms with van der Waals surface area (Å²) in [5.41, 5.74) is 1.55. The van der Waals surface area contributed by atoms with Crippen molar-refractivity contribution in [2.45, 2.75) is 26.7 Å². The van der Waals surface area contributed by atoms with Crippen LogP contribution in [0.5, 0.6) is 0 Å². The molecule has 2 rings (SSSR count). The van der Waals surface area contributed by atoms with Crippen LogP contribution >= 0.6 is 23.2 Å². The topological polar surface area (TPSA) is 41.1 Å². The summed E-state index contributed by atoms with van der Waals surface area (Å²) in [5.74, 6) is 1.37. The number of rotatable bonds is 6. The Morgan fingerprint density at radius 3 is 2.50 bits per heavy atom. The number of unbranched alkanes of at least 4 members (excludes halogenated alkanes) is 1. The molecule has 0 aliphatic rings. The lowest BCUT2D eigenvalue weighted by atomic mass is 10.3. The minimum Gasteiger partial charge on any atom is -0.344 e. The largest absolute Gasteiger partial charge is 0.344 e. The highest BCUT2D eigenvalue weighted by atomic mass is 35.5. The number of nitrogens with zero attached hydrogens (tertiary/aromatic N) is 3. The van der Waals surface area contributed by atoms with Gasteiger partial charge >= 0.3 is 0 Å². The van der Waals surface area contributed by atoms with E-state index in [0.717, 1.165) is 25.1 Å². The van der Waals surface area contributed by atoms with Crippen LogP contribution in [0, 0.1) is 6.92 Å². The molecule has 0 fully saturated rings. The summed E-state index contributed by atoms with van der Waals surface area (Å²) in [4.78, 5) is 11.1. The van der Waals surface area contributed by atoms with Gasteiger partial charge in [-0.25, -0.2) is 4.98 Å². The van der Waals surface area contributed by atoms with E-state index in [-0.39, 0.29) is 0 Å². The highest BCUT2D eigenvalue weighted by molar-refractivity contribution is 6.39. The molecule has 6 heteroatoms. The van der Waals surface area contributed by atoms with Gasteiger partial charge in [-0.1, -0.05) is 42.6 Å². The van der Waals surface area contributed by atoms with E-state index in [4.69, 9.17) is 23.2 Å². The number of halogens is 2. The fourth-order valence-electron chi connectivity index (χ4n) is 2.03. The lowest BCUT2D eigenvalue weighted by Gasteiger charge is -2.18. The predicted octanol–water partition coefficient (Wildman–Crippen LogP) is 5.07. The summed E-state index contributed by atoms with van der Waals surface area (Å²) in [5, 5.41) is 4.31. The molecule has 0 amide bonds. The minimum atomic E-state index is 0.560. The molecule has 1 N–H and O–H groups in total. The van der Waals surface area contributed by atoms with Crippen LogP contribution in [0.3, 0.4) is 0 Å². The lowest BCUT2D eigenvalue weighted by molar-refractivity contribution is 0.749. The summed E-state index contributed by atoms with van der Waals surface area (Å²) in [6.45, 7) is 5.03. The lowest BCUT2D eigenvalue weighted by Crippen LogP contribution is -2.21. The molecule has 0 saturated heterocycles. The first-order chi connectivity index (χ1) is 10.5. The highest BCUT2D eigenvalue weighted by Crippen LogP contribution is 2.32. The van der Waals surface area contributed by atoms with Crippen LogP contribution in [0.4, 0.5) is 17.5 Å². The van der Waals surface area contributed by atoms with Gasteiger partial charge in [0.05, 0.1) is 15.7 Å². The third-order valence-electron chi connectivity index (χ3n) is 3.25. The van der Waals surface area contributed by atoms with Crippen LogP contribution in [0.25, 0.3) is 0 Å². The first-order valence-electron chi connectivity index (χ1n) is 7.29. The average Bonchev–Trinajstić information content (AvgIpc) is 2.48. The van der Waals surface area contributed by atoms with Gasteiger partial charge in [0.2, 0.25) is 5.95 Å². The minimum absolute atomic E-state index is 0.560. The second-order valence-corrected chi connectivity index (χ2v) is 6.01. The van der Waals surface area contributed by atoms with E-state index in [1.807, 2.05) is 26.1 Å². The Hall–Kier alpha value is -1.52. The molecule has 1 heterocycles. The highest BCUT2D eigenvalue weighted by Gasteiger charge is 2.10. The maximum atomic E-state index is 6.19. The molecule has 0 spiro atoms. The summed E-state index contributed by atoms with van der Waals surface area (Å²) < 4.78 is 0. The predicted molar refractivity (Wildman–Crippen MR) is 94.7 cm³/mol. The number of hydrogen-bond acceptors (Lipinski definition) is 4. The molecule has 0 bridgehead atoms. The quantitative estimate of drug-likeness (QED) is 0.798. The van der Waals surface area contributed by atoms with Gasteiger partial charge < -0.3 is 10.2 Å². The Labute approximate surface area is 141 Å². The van der Waals surface area contributed by atoms with Gasteiger partial charge in [0, 0.05) is 25.4 Å². The van der Waals surface area contributed by atoms with Crippen molar-refractivity contribution in [1.29, 1.82) is 0 Å². The Morgan fingerprint density at radius 2 is 1.86 bits per heavy atom. The van der Waals surface area contributed by atoms with Crippen LogP contribution < -0.4 is 10.2 Å². The first kappa shape index (κ1) is 16.8. The summed E-state index contributed by atoms with van der Waals surface area (Å²) in [6, 6.07) is 7.26. The molecule has 0 aliphatic heterocycles. The number of para-hydroxylation sites is 1. The molecular formula is C16H20Cl2N4. The fourth-order valence-corrected chi connectivity index (χ4v) is 2.52. The third kappa shape index (κ3) is 4.24. The fraction of sp³-hybridized carbons (Fsp3) is 0.375. The van der Waals surface area contributed by atoms with Crippen molar-refractivity contribution in [3.8, 4) is 0 Å². The van der Waals surface area contributed by atoms with E-state index in [2.05, 4.69) is 27.1 Å². The van der Waals surface area contributed by atoms with Gasteiger partial charge in [-0.3, -0.25) is 0 Å². The van der Waals surface area contributed by atoms with Crippen molar-refractivity contribution in [3.63, 3.8) is 0 Å². The number of benzene rings is 1. The Balaban J connectivity index is 2.26. The zero-order valence-corrected chi connectivity index (χ0v) is 14.5. The molecule has 0 saturated carbocycles. The van der Waals surface area contributed by atoms with Crippen LogP contribution in [-0.4, -0.2) is 23.6 Å². The van der Waals surface area contributed by atoms with Crippen molar-refractivity contribution in [2.24, 2.45) is 0 Å². The Bertz CT molecular complexity index is 626. The van der Waals surface area contributed by atoms with Crippen LogP contribution in [0.2, 0.25) is 10.0 Å². The van der Waals surface area contributed by atoms with Gasteiger partial charge in [0.1, 0.15) is 5.82 Å². The zero-order valence-electron chi connectivity index (χ0n) is 13.0. The second kappa shape index (κ2) is 7.65. The average molecular weight is 339 g/mol. The summed E-state index contributed by atoms with van der Waals surface area (Å²) >= 11 is 12.4. The molecule has 0 atom stereocenters. The van der Waals surface area contributed by atoms with Crippen LogP contribution in [-0.2, 0) is 0 Å². The standard InChI is InChI=1S/C16H20Cl2N4/c1-4-5-9-22(3)16-19-11(2)10-14(21-16)20-15-12(17)7-6-8-13(15)18/h6-8,10H,4-5,9H2,1-3H3,(H,19,20,21). The molecule has 22 heavy (non-hydrogen) atoms. The Morgan fingerprint density at radius 1 is 1.18 bits per heavy atom.